The molecule has 6 heteroatoms. The lowest BCUT2D eigenvalue weighted by Gasteiger charge is -2.09. The highest BCUT2D eigenvalue weighted by atomic mass is 35.5. The van der Waals surface area contributed by atoms with Gasteiger partial charge in [0.25, 0.3) is 0 Å². The lowest BCUT2D eigenvalue weighted by molar-refractivity contribution is 0.468. The number of benzene rings is 2. The third kappa shape index (κ3) is 2.48. The molecule has 4 nitrogen and oxygen atoms in total. The van der Waals surface area contributed by atoms with Crippen molar-refractivity contribution >= 4 is 39.8 Å². The van der Waals surface area contributed by atoms with Gasteiger partial charge in [0.2, 0.25) is 5.88 Å². The van der Waals surface area contributed by atoms with E-state index in [4.69, 9.17) is 33.7 Å². The van der Waals surface area contributed by atoms with Gasteiger partial charge in [0.15, 0.2) is 0 Å². The van der Waals surface area contributed by atoms with Gasteiger partial charge in [-0.15, -0.1) is 0 Å². The van der Waals surface area contributed by atoms with Crippen molar-refractivity contribution in [1.82, 2.24) is 9.97 Å². The summed E-state index contributed by atoms with van der Waals surface area (Å²) in [7, 11) is 0. The van der Waals surface area contributed by atoms with E-state index in [1.165, 1.54) is 6.33 Å². The van der Waals surface area contributed by atoms with Crippen LogP contribution in [0.3, 0.4) is 0 Å². The van der Waals surface area contributed by atoms with Crippen LogP contribution < -0.4 is 10.5 Å². The van der Waals surface area contributed by atoms with Gasteiger partial charge in [-0.1, -0.05) is 23.2 Å². The Balaban J connectivity index is 2.10. The summed E-state index contributed by atoms with van der Waals surface area (Å²) < 4.78 is 5.74. The van der Waals surface area contributed by atoms with Crippen LogP contribution in [0, 0.1) is 0 Å². The molecule has 3 rings (SSSR count). The number of hydrogen-bond acceptors (Lipinski definition) is 4. The van der Waals surface area contributed by atoms with Crippen molar-refractivity contribution in [2.45, 2.75) is 0 Å². The summed E-state index contributed by atoms with van der Waals surface area (Å²) in [6.45, 7) is 0. The van der Waals surface area contributed by atoms with Gasteiger partial charge in [-0.2, -0.15) is 0 Å². The normalized spacial score (nSPS) is 10.7. The van der Waals surface area contributed by atoms with E-state index < -0.39 is 0 Å². The van der Waals surface area contributed by atoms with Crippen LogP contribution in [0.25, 0.3) is 10.9 Å². The van der Waals surface area contributed by atoms with Crippen LogP contribution in [0.2, 0.25) is 10.0 Å². The molecule has 1 aromatic heterocycles. The zero-order valence-electron chi connectivity index (χ0n) is 10.2. The summed E-state index contributed by atoms with van der Waals surface area (Å²) in [6.07, 6.45) is 1.42. The number of anilines is 1. The summed E-state index contributed by atoms with van der Waals surface area (Å²) in [5.41, 5.74) is 7.13. The average molecular weight is 306 g/mol. The Hall–Kier alpha value is -2.04. The second-order valence-corrected chi connectivity index (χ2v) is 4.98. The predicted molar refractivity (Wildman–Crippen MR) is 80.5 cm³/mol. The molecule has 0 bridgehead atoms. The maximum Gasteiger partial charge on any atom is 0.230 e. The van der Waals surface area contributed by atoms with Crippen LogP contribution >= 0.6 is 23.2 Å². The Morgan fingerprint density at radius 3 is 2.70 bits per heavy atom. The van der Waals surface area contributed by atoms with Crippen LogP contribution in [-0.2, 0) is 0 Å². The number of ether oxygens (including phenoxy) is 1. The SMILES string of the molecule is Nc1ccc2ncnc(Oc3cc(Cl)ccc3Cl)c2c1. The zero-order valence-corrected chi connectivity index (χ0v) is 11.7. The first-order chi connectivity index (χ1) is 9.63. The summed E-state index contributed by atoms with van der Waals surface area (Å²) >= 11 is 12.0. The van der Waals surface area contributed by atoms with Crippen molar-refractivity contribution in [3.05, 3.63) is 52.8 Å². The van der Waals surface area contributed by atoms with Crippen LogP contribution in [0.15, 0.2) is 42.7 Å². The molecule has 0 amide bonds. The number of nitrogen functional groups attached to an aromatic ring is 1. The van der Waals surface area contributed by atoms with Gasteiger partial charge >= 0.3 is 0 Å². The van der Waals surface area contributed by atoms with Crippen molar-refractivity contribution < 1.29 is 4.74 Å². The lowest BCUT2D eigenvalue weighted by Crippen LogP contribution is -1.93. The van der Waals surface area contributed by atoms with Crippen LogP contribution in [0.4, 0.5) is 5.69 Å². The van der Waals surface area contributed by atoms with E-state index in [-0.39, 0.29) is 0 Å². The van der Waals surface area contributed by atoms with Crippen LogP contribution in [0.1, 0.15) is 0 Å². The van der Waals surface area contributed by atoms with Crippen molar-refractivity contribution in [1.29, 1.82) is 0 Å². The maximum absolute atomic E-state index is 6.08. The number of fused-ring (bicyclic) bond motifs is 1. The quantitative estimate of drug-likeness (QED) is 0.717. The fourth-order valence-corrected chi connectivity index (χ4v) is 2.11. The maximum atomic E-state index is 6.08. The van der Waals surface area contributed by atoms with E-state index in [0.717, 1.165) is 5.52 Å². The minimum Gasteiger partial charge on any atom is -0.437 e. The van der Waals surface area contributed by atoms with E-state index in [1.54, 1.807) is 36.4 Å². The van der Waals surface area contributed by atoms with E-state index in [1.807, 2.05) is 0 Å². The Kier molecular flexibility index (Phi) is 3.34. The predicted octanol–water partition coefficient (Wildman–Crippen LogP) is 4.31. The minimum absolute atomic E-state index is 0.381. The Labute approximate surface area is 125 Å². The molecule has 1 heterocycles. The molecule has 0 saturated carbocycles. The Morgan fingerprint density at radius 2 is 1.85 bits per heavy atom. The average Bonchev–Trinajstić information content (AvgIpc) is 2.43. The molecule has 0 aliphatic heterocycles. The largest absolute Gasteiger partial charge is 0.437 e. The number of nitrogens with two attached hydrogens (primary N) is 1. The molecule has 20 heavy (non-hydrogen) atoms. The van der Waals surface area contributed by atoms with Gasteiger partial charge in [-0.05, 0) is 30.3 Å². The second-order valence-electron chi connectivity index (χ2n) is 4.13. The monoisotopic (exact) mass is 305 g/mol. The number of nitrogens with zero attached hydrogens (tertiary/aromatic N) is 2. The third-order valence-corrected chi connectivity index (χ3v) is 3.27. The molecule has 0 fully saturated rings. The Bertz CT molecular complexity index is 792. The molecule has 0 unspecified atom stereocenters. The molecule has 100 valence electrons. The Morgan fingerprint density at radius 1 is 1.00 bits per heavy atom. The number of aromatic nitrogens is 2. The summed E-state index contributed by atoms with van der Waals surface area (Å²) in [6, 6.07) is 10.3. The molecule has 0 radical (unpaired) electrons. The summed E-state index contributed by atoms with van der Waals surface area (Å²) in [4.78, 5) is 8.28. The van der Waals surface area contributed by atoms with Crippen molar-refractivity contribution in [3.63, 3.8) is 0 Å². The molecule has 2 aromatic carbocycles. The molecular weight excluding hydrogens is 297 g/mol. The smallest absolute Gasteiger partial charge is 0.230 e. The van der Waals surface area contributed by atoms with Gasteiger partial charge in [0.05, 0.1) is 15.9 Å². The van der Waals surface area contributed by atoms with E-state index in [2.05, 4.69) is 9.97 Å². The number of hydrogen-bond donors (Lipinski definition) is 1. The highest BCUT2D eigenvalue weighted by Gasteiger charge is 2.09. The first-order valence-electron chi connectivity index (χ1n) is 5.76. The van der Waals surface area contributed by atoms with Crippen molar-refractivity contribution in [2.75, 3.05) is 5.73 Å². The fourth-order valence-electron chi connectivity index (χ4n) is 1.79. The number of halogens is 2. The van der Waals surface area contributed by atoms with E-state index in [0.29, 0.717) is 32.7 Å². The van der Waals surface area contributed by atoms with Gasteiger partial charge < -0.3 is 10.5 Å². The van der Waals surface area contributed by atoms with Crippen molar-refractivity contribution in [3.8, 4) is 11.6 Å². The highest BCUT2D eigenvalue weighted by molar-refractivity contribution is 6.34. The minimum atomic E-state index is 0.381. The molecule has 3 aromatic rings. The standard InChI is InChI=1S/C14H9Cl2N3O/c15-8-1-3-11(16)13(5-8)20-14-10-6-9(17)2-4-12(10)18-7-19-14/h1-7H,17H2. The zero-order chi connectivity index (χ0) is 14.1. The molecule has 0 spiro atoms. The van der Waals surface area contributed by atoms with Gasteiger partial charge in [-0.3, -0.25) is 0 Å². The molecular formula is C14H9Cl2N3O. The topological polar surface area (TPSA) is 61.0 Å². The first-order valence-corrected chi connectivity index (χ1v) is 6.52. The van der Waals surface area contributed by atoms with Gasteiger partial charge in [0, 0.05) is 16.8 Å². The summed E-state index contributed by atoms with van der Waals surface area (Å²) in [5, 5.41) is 1.69. The van der Waals surface area contributed by atoms with E-state index >= 15 is 0 Å². The second kappa shape index (κ2) is 5.15. The van der Waals surface area contributed by atoms with Gasteiger partial charge in [0.1, 0.15) is 12.1 Å². The molecule has 0 atom stereocenters. The first kappa shape index (κ1) is 13.0. The number of rotatable bonds is 2. The highest BCUT2D eigenvalue weighted by Crippen LogP contribution is 2.33. The van der Waals surface area contributed by atoms with Gasteiger partial charge in [-0.25, -0.2) is 9.97 Å². The van der Waals surface area contributed by atoms with Crippen molar-refractivity contribution in [2.24, 2.45) is 0 Å². The summed E-state index contributed by atoms with van der Waals surface area (Å²) in [5.74, 6) is 0.813. The van der Waals surface area contributed by atoms with Crippen LogP contribution in [0.5, 0.6) is 11.6 Å². The van der Waals surface area contributed by atoms with E-state index in [9.17, 15) is 0 Å². The fraction of sp³-hybridized carbons (Fsp3) is 0. The van der Waals surface area contributed by atoms with Crippen LogP contribution in [-0.4, -0.2) is 9.97 Å². The molecule has 0 saturated heterocycles. The molecule has 0 aliphatic carbocycles. The lowest BCUT2D eigenvalue weighted by atomic mass is 10.2. The molecule has 0 aliphatic rings. The molecule has 2 N–H and O–H groups in total. The third-order valence-electron chi connectivity index (χ3n) is 2.72.